The monoisotopic (exact) mass is 336 g/mol. The first-order chi connectivity index (χ1) is 12.2. The quantitative estimate of drug-likeness (QED) is 0.917. The molecule has 2 aromatic rings. The van der Waals surface area contributed by atoms with Gasteiger partial charge < -0.3 is 15.0 Å². The molecule has 2 heterocycles. The Morgan fingerprint density at radius 2 is 1.84 bits per heavy atom. The van der Waals surface area contributed by atoms with Gasteiger partial charge in [0.15, 0.2) is 0 Å². The first kappa shape index (κ1) is 15.8. The summed E-state index contributed by atoms with van der Waals surface area (Å²) >= 11 is 0. The topological polar surface area (TPSA) is 58.6 Å². The highest BCUT2D eigenvalue weighted by molar-refractivity contribution is 6.01. The molecule has 25 heavy (non-hydrogen) atoms. The maximum atomic E-state index is 13.1. The molecule has 2 aliphatic heterocycles. The molecule has 5 nitrogen and oxygen atoms in total. The smallest absolute Gasteiger partial charge is 0.230 e. The van der Waals surface area contributed by atoms with Crippen molar-refractivity contribution in [2.75, 3.05) is 25.0 Å². The van der Waals surface area contributed by atoms with Crippen LogP contribution in [0.15, 0.2) is 54.6 Å². The molecule has 1 saturated heterocycles. The number of hydrogen-bond donors (Lipinski definition) is 1. The number of nitrogens with one attached hydrogen (secondary N) is 1. The lowest BCUT2D eigenvalue weighted by molar-refractivity contribution is -0.142. The lowest BCUT2D eigenvalue weighted by Gasteiger charge is -2.36. The van der Waals surface area contributed by atoms with E-state index in [0.29, 0.717) is 19.7 Å². The Kier molecular flexibility index (Phi) is 4.24. The van der Waals surface area contributed by atoms with E-state index in [2.05, 4.69) is 5.32 Å². The van der Waals surface area contributed by atoms with Gasteiger partial charge in [-0.25, -0.2) is 0 Å². The van der Waals surface area contributed by atoms with E-state index in [1.807, 2.05) is 59.5 Å². The molecule has 0 aromatic heterocycles. The van der Waals surface area contributed by atoms with Crippen LogP contribution in [0.25, 0.3) is 0 Å². The number of anilines is 1. The Morgan fingerprint density at radius 1 is 1.08 bits per heavy atom. The van der Waals surface area contributed by atoms with Crippen LogP contribution in [0.2, 0.25) is 0 Å². The Balaban J connectivity index is 1.56. The SMILES string of the molecule is O=C1CC(C(=O)N2CCOC(c3ccccc3)C2)c2ccccc2N1. The number of benzene rings is 2. The molecule has 0 saturated carbocycles. The minimum absolute atomic E-state index is 0.00605. The summed E-state index contributed by atoms with van der Waals surface area (Å²) in [5.74, 6) is -0.518. The molecule has 1 N–H and O–H groups in total. The summed E-state index contributed by atoms with van der Waals surface area (Å²) in [7, 11) is 0. The van der Waals surface area contributed by atoms with Crippen molar-refractivity contribution in [1.29, 1.82) is 0 Å². The summed E-state index contributed by atoms with van der Waals surface area (Å²) in [5, 5.41) is 2.85. The minimum atomic E-state index is -0.417. The van der Waals surface area contributed by atoms with Crippen LogP contribution >= 0.6 is 0 Å². The molecule has 2 atom stereocenters. The van der Waals surface area contributed by atoms with Gasteiger partial charge in [-0.3, -0.25) is 9.59 Å². The Hall–Kier alpha value is -2.66. The number of carbonyl (C=O) groups excluding carboxylic acids is 2. The van der Waals surface area contributed by atoms with Gasteiger partial charge in [-0.1, -0.05) is 48.5 Å². The first-order valence-electron chi connectivity index (χ1n) is 8.56. The zero-order valence-corrected chi connectivity index (χ0v) is 13.9. The number of amides is 2. The van der Waals surface area contributed by atoms with Gasteiger partial charge in [-0.2, -0.15) is 0 Å². The predicted molar refractivity (Wildman–Crippen MR) is 94.1 cm³/mol. The summed E-state index contributed by atoms with van der Waals surface area (Å²) in [6, 6.07) is 17.5. The molecule has 1 fully saturated rings. The fraction of sp³-hybridized carbons (Fsp3) is 0.300. The Morgan fingerprint density at radius 3 is 2.68 bits per heavy atom. The summed E-state index contributed by atoms with van der Waals surface area (Å²) in [5.41, 5.74) is 2.71. The van der Waals surface area contributed by atoms with Gasteiger partial charge in [0.2, 0.25) is 11.8 Å². The summed E-state index contributed by atoms with van der Waals surface area (Å²) in [6.45, 7) is 1.58. The van der Waals surface area contributed by atoms with Crippen molar-refractivity contribution in [2.45, 2.75) is 18.4 Å². The third-order valence-corrected chi connectivity index (χ3v) is 4.85. The highest BCUT2D eigenvalue weighted by Crippen LogP contribution is 2.34. The third kappa shape index (κ3) is 3.15. The van der Waals surface area contributed by atoms with Crippen LogP contribution in [0.5, 0.6) is 0 Å². The van der Waals surface area contributed by atoms with Crippen LogP contribution in [-0.4, -0.2) is 36.4 Å². The van der Waals surface area contributed by atoms with Gasteiger partial charge in [-0.05, 0) is 17.2 Å². The average Bonchev–Trinajstić information content (AvgIpc) is 2.67. The lowest BCUT2D eigenvalue weighted by Crippen LogP contribution is -2.45. The highest BCUT2D eigenvalue weighted by Gasteiger charge is 2.35. The molecule has 2 aromatic carbocycles. The molecule has 0 radical (unpaired) electrons. The van der Waals surface area contributed by atoms with Crippen molar-refractivity contribution in [1.82, 2.24) is 4.90 Å². The van der Waals surface area contributed by atoms with Gasteiger partial charge in [0, 0.05) is 18.7 Å². The highest BCUT2D eigenvalue weighted by atomic mass is 16.5. The van der Waals surface area contributed by atoms with E-state index in [1.54, 1.807) is 0 Å². The first-order valence-corrected chi connectivity index (χ1v) is 8.56. The van der Waals surface area contributed by atoms with E-state index in [4.69, 9.17) is 4.74 Å². The second-order valence-electron chi connectivity index (χ2n) is 6.45. The molecular weight excluding hydrogens is 316 g/mol. The zero-order chi connectivity index (χ0) is 17.2. The van der Waals surface area contributed by atoms with E-state index >= 15 is 0 Å². The summed E-state index contributed by atoms with van der Waals surface area (Å²) in [4.78, 5) is 27.0. The number of fused-ring (bicyclic) bond motifs is 1. The molecule has 0 aliphatic carbocycles. The zero-order valence-electron chi connectivity index (χ0n) is 13.9. The number of nitrogens with zero attached hydrogens (tertiary/aromatic N) is 1. The predicted octanol–water partition coefficient (Wildman–Crippen LogP) is 2.71. The van der Waals surface area contributed by atoms with E-state index < -0.39 is 5.92 Å². The molecule has 0 spiro atoms. The Labute approximate surface area is 146 Å². The van der Waals surface area contributed by atoms with Gasteiger partial charge in [0.25, 0.3) is 0 Å². The average molecular weight is 336 g/mol. The van der Waals surface area contributed by atoms with Crippen molar-refractivity contribution < 1.29 is 14.3 Å². The van der Waals surface area contributed by atoms with E-state index in [-0.39, 0.29) is 24.3 Å². The third-order valence-electron chi connectivity index (χ3n) is 4.85. The van der Waals surface area contributed by atoms with Crippen LogP contribution in [0.4, 0.5) is 5.69 Å². The van der Waals surface area contributed by atoms with Crippen molar-refractivity contribution >= 4 is 17.5 Å². The van der Waals surface area contributed by atoms with E-state index in [0.717, 1.165) is 16.8 Å². The van der Waals surface area contributed by atoms with Crippen molar-refractivity contribution in [3.05, 3.63) is 65.7 Å². The van der Waals surface area contributed by atoms with Crippen LogP contribution < -0.4 is 5.32 Å². The second kappa shape index (κ2) is 6.69. The molecule has 0 bridgehead atoms. The fourth-order valence-corrected chi connectivity index (χ4v) is 3.57. The van der Waals surface area contributed by atoms with Crippen molar-refractivity contribution in [3.8, 4) is 0 Å². The maximum absolute atomic E-state index is 13.1. The summed E-state index contributed by atoms with van der Waals surface area (Å²) in [6.07, 6.45) is 0.0787. The van der Waals surface area contributed by atoms with Gasteiger partial charge in [-0.15, -0.1) is 0 Å². The lowest BCUT2D eigenvalue weighted by atomic mass is 9.89. The molecule has 5 heteroatoms. The second-order valence-corrected chi connectivity index (χ2v) is 6.45. The van der Waals surface area contributed by atoms with Crippen LogP contribution in [0.1, 0.15) is 29.6 Å². The van der Waals surface area contributed by atoms with Crippen molar-refractivity contribution in [2.24, 2.45) is 0 Å². The normalized spacial score (nSPS) is 22.9. The van der Waals surface area contributed by atoms with Gasteiger partial charge in [0.05, 0.1) is 19.1 Å². The molecule has 2 aliphatic rings. The molecule has 4 rings (SSSR count). The number of ether oxygens (including phenoxy) is 1. The number of carbonyl (C=O) groups is 2. The summed E-state index contributed by atoms with van der Waals surface area (Å²) < 4.78 is 5.85. The van der Waals surface area contributed by atoms with E-state index in [9.17, 15) is 9.59 Å². The largest absolute Gasteiger partial charge is 0.370 e. The number of rotatable bonds is 2. The van der Waals surface area contributed by atoms with Crippen LogP contribution in [0, 0.1) is 0 Å². The molecule has 2 amide bonds. The van der Waals surface area contributed by atoms with E-state index in [1.165, 1.54) is 0 Å². The standard InChI is InChI=1S/C20H20N2O3/c23-19-12-16(15-8-4-5-9-17(15)21-19)20(24)22-10-11-25-18(13-22)14-6-2-1-3-7-14/h1-9,16,18H,10-13H2,(H,21,23). The molecular formula is C20H20N2O3. The molecule has 2 unspecified atom stereocenters. The number of morpholine rings is 1. The van der Waals surface area contributed by atoms with Crippen LogP contribution in [-0.2, 0) is 14.3 Å². The Bertz CT molecular complexity index is 791. The minimum Gasteiger partial charge on any atom is -0.370 e. The fourth-order valence-electron chi connectivity index (χ4n) is 3.57. The van der Waals surface area contributed by atoms with Crippen LogP contribution in [0.3, 0.4) is 0 Å². The molecule has 128 valence electrons. The van der Waals surface area contributed by atoms with Gasteiger partial charge in [0.1, 0.15) is 6.10 Å². The maximum Gasteiger partial charge on any atom is 0.230 e. The number of hydrogen-bond acceptors (Lipinski definition) is 3. The van der Waals surface area contributed by atoms with Gasteiger partial charge >= 0.3 is 0 Å². The van der Waals surface area contributed by atoms with Crippen molar-refractivity contribution in [3.63, 3.8) is 0 Å². The number of para-hydroxylation sites is 1.